The Labute approximate surface area is 120 Å². The first-order chi connectivity index (χ1) is 9.55. The van der Waals surface area contributed by atoms with Gasteiger partial charge in [-0.25, -0.2) is 0 Å². The van der Waals surface area contributed by atoms with Gasteiger partial charge in [-0.3, -0.25) is 9.59 Å². The molecule has 1 aromatic rings. The third-order valence-electron chi connectivity index (χ3n) is 2.67. The average Bonchev–Trinajstić information content (AvgIpc) is 2.45. The number of rotatable bonds is 3. The van der Waals surface area contributed by atoms with Gasteiger partial charge in [-0.1, -0.05) is 12.2 Å². The van der Waals surface area contributed by atoms with Crippen LogP contribution in [0.25, 0.3) is 6.08 Å². The zero-order valence-corrected chi connectivity index (χ0v) is 11.7. The van der Waals surface area contributed by atoms with E-state index in [-0.39, 0.29) is 10.7 Å². The van der Waals surface area contributed by atoms with Gasteiger partial charge in [0, 0.05) is 11.6 Å². The molecular weight excluding hydrogens is 280 g/mol. The standard InChI is InChI=1S/C13H12N2O4S/c1-18-8-4-3-7(10(6-8)19-2)5-9-11(16)15-13(20)12(17)14-9/h3-6H,1-2H3,(H,14,17)(H,15,16,20)/b9-5+. The predicted octanol–water partition coefficient (Wildman–Crippen LogP) is 0.618. The third-order valence-corrected chi connectivity index (χ3v) is 2.95. The maximum atomic E-state index is 11.7. The van der Waals surface area contributed by atoms with E-state index >= 15 is 0 Å². The minimum absolute atomic E-state index is 0.104. The van der Waals surface area contributed by atoms with E-state index in [0.717, 1.165) is 0 Å². The smallest absolute Gasteiger partial charge is 0.283 e. The highest BCUT2D eigenvalue weighted by molar-refractivity contribution is 7.82. The van der Waals surface area contributed by atoms with Crippen molar-refractivity contribution in [2.24, 2.45) is 0 Å². The van der Waals surface area contributed by atoms with Crippen LogP contribution in [-0.4, -0.2) is 31.0 Å². The number of piperazine rings is 1. The fourth-order valence-electron chi connectivity index (χ4n) is 1.66. The van der Waals surface area contributed by atoms with Crippen molar-refractivity contribution >= 4 is 35.1 Å². The minimum Gasteiger partial charge on any atom is -0.497 e. The first-order valence-corrected chi connectivity index (χ1v) is 6.06. The Bertz CT molecular complexity index is 625. The molecule has 0 radical (unpaired) electrons. The quantitative estimate of drug-likeness (QED) is 0.631. The van der Waals surface area contributed by atoms with Crippen molar-refractivity contribution in [3.63, 3.8) is 0 Å². The number of benzene rings is 1. The summed E-state index contributed by atoms with van der Waals surface area (Å²) >= 11 is 4.69. The first kappa shape index (κ1) is 14.0. The van der Waals surface area contributed by atoms with Crippen molar-refractivity contribution < 1.29 is 19.1 Å². The van der Waals surface area contributed by atoms with Gasteiger partial charge in [0.2, 0.25) is 0 Å². The molecule has 2 amide bonds. The Balaban J connectivity index is 2.37. The van der Waals surface area contributed by atoms with Crippen molar-refractivity contribution in [1.82, 2.24) is 10.6 Å². The number of hydrogen-bond donors (Lipinski definition) is 2. The molecule has 104 valence electrons. The topological polar surface area (TPSA) is 76.7 Å². The van der Waals surface area contributed by atoms with Crippen LogP contribution in [-0.2, 0) is 9.59 Å². The zero-order chi connectivity index (χ0) is 14.7. The number of amides is 2. The Morgan fingerprint density at radius 2 is 1.85 bits per heavy atom. The van der Waals surface area contributed by atoms with Gasteiger partial charge < -0.3 is 20.1 Å². The highest BCUT2D eigenvalue weighted by Crippen LogP contribution is 2.26. The molecule has 1 saturated heterocycles. The van der Waals surface area contributed by atoms with Crippen molar-refractivity contribution in [2.75, 3.05) is 14.2 Å². The van der Waals surface area contributed by atoms with Crippen LogP contribution in [0.5, 0.6) is 11.5 Å². The van der Waals surface area contributed by atoms with E-state index in [1.54, 1.807) is 25.3 Å². The van der Waals surface area contributed by atoms with Crippen molar-refractivity contribution in [2.45, 2.75) is 0 Å². The van der Waals surface area contributed by atoms with Gasteiger partial charge in [-0.2, -0.15) is 0 Å². The highest BCUT2D eigenvalue weighted by atomic mass is 32.1. The Morgan fingerprint density at radius 3 is 2.50 bits per heavy atom. The summed E-state index contributed by atoms with van der Waals surface area (Å²) in [5.74, 6) is 0.167. The molecule has 0 aromatic heterocycles. The molecule has 1 fully saturated rings. The van der Waals surface area contributed by atoms with Gasteiger partial charge >= 0.3 is 0 Å². The third kappa shape index (κ3) is 2.77. The van der Waals surface area contributed by atoms with Gasteiger partial charge in [-0.05, 0) is 18.2 Å². The summed E-state index contributed by atoms with van der Waals surface area (Å²) in [6.45, 7) is 0. The molecule has 6 nitrogen and oxygen atoms in total. The number of ether oxygens (including phenoxy) is 2. The van der Waals surface area contributed by atoms with Crippen LogP contribution in [0.4, 0.5) is 0 Å². The molecule has 0 saturated carbocycles. The predicted molar refractivity (Wildman–Crippen MR) is 76.4 cm³/mol. The monoisotopic (exact) mass is 292 g/mol. The molecule has 0 aliphatic carbocycles. The molecule has 0 bridgehead atoms. The first-order valence-electron chi connectivity index (χ1n) is 5.65. The molecule has 0 spiro atoms. The van der Waals surface area contributed by atoms with E-state index in [2.05, 4.69) is 10.6 Å². The van der Waals surface area contributed by atoms with Crippen molar-refractivity contribution in [1.29, 1.82) is 0 Å². The lowest BCUT2D eigenvalue weighted by molar-refractivity contribution is -0.122. The van der Waals surface area contributed by atoms with Gasteiger partial charge in [0.1, 0.15) is 17.2 Å². The maximum Gasteiger partial charge on any atom is 0.283 e. The summed E-state index contributed by atoms with van der Waals surface area (Å²) in [6, 6.07) is 5.12. The summed E-state index contributed by atoms with van der Waals surface area (Å²) in [7, 11) is 3.05. The summed E-state index contributed by atoms with van der Waals surface area (Å²) in [4.78, 5) is 23.0. The molecule has 7 heteroatoms. The molecule has 1 heterocycles. The normalized spacial score (nSPS) is 16.7. The second-order valence-electron chi connectivity index (χ2n) is 3.90. The second-order valence-corrected chi connectivity index (χ2v) is 4.31. The number of thiocarbonyl (C=S) groups is 1. The summed E-state index contributed by atoms with van der Waals surface area (Å²) in [5, 5.41) is 4.73. The average molecular weight is 292 g/mol. The minimum atomic E-state index is -0.515. The molecule has 2 N–H and O–H groups in total. The molecule has 2 rings (SSSR count). The second kappa shape index (κ2) is 5.70. The fourth-order valence-corrected chi connectivity index (χ4v) is 1.80. The van der Waals surface area contributed by atoms with Crippen LogP contribution in [0.3, 0.4) is 0 Å². The SMILES string of the molecule is COc1ccc(/C=C2/NC(=O)C(=S)NC2=O)c(OC)c1. The molecule has 1 aliphatic rings. The van der Waals surface area contributed by atoms with Crippen molar-refractivity contribution in [3.8, 4) is 11.5 Å². The van der Waals surface area contributed by atoms with Crippen LogP contribution < -0.4 is 20.1 Å². The van der Waals surface area contributed by atoms with Gasteiger partial charge in [-0.15, -0.1) is 0 Å². The number of nitrogens with one attached hydrogen (secondary N) is 2. The van der Waals surface area contributed by atoms with Crippen LogP contribution >= 0.6 is 12.2 Å². The summed E-state index contributed by atoms with van der Waals surface area (Å²) < 4.78 is 10.3. The molecule has 20 heavy (non-hydrogen) atoms. The van der Waals surface area contributed by atoms with Gasteiger partial charge in [0.25, 0.3) is 11.8 Å². The lowest BCUT2D eigenvalue weighted by Crippen LogP contribution is -2.50. The van der Waals surface area contributed by atoms with Crippen LogP contribution in [0.15, 0.2) is 23.9 Å². The van der Waals surface area contributed by atoms with E-state index in [9.17, 15) is 9.59 Å². The molecule has 0 atom stereocenters. The van der Waals surface area contributed by atoms with E-state index in [4.69, 9.17) is 21.7 Å². The number of carbonyl (C=O) groups is 2. The maximum absolute atomic E-state index is 11.7. The number of carbonyl (C=O) groups excluding carboxylic acids is 2. The van der Waals surface area contributed by atoms with Crippen LogP contribution in [0.1, 0.15) is 5.56 Å². The lowest BCUT2D eigenvalue weighted by atomic mass is 10.1. The highest BCUT2D eigenvalue weighted by Gasteiger charge is 2.24. The number of hydrogen-bond acceptors (Lipinski definition) is 5. The summed E-state index contributed by atoms with van der Waals surface area (Å²) in [6.07, 6.45) is 1.51. The fraction of sp³-hybridized carbons (Fsp3) is 0.154. The van der Waals surface area contributed by atoms with E-state index in [0.29, 0.717) is 17.1 Å². The summed E-state index contributed by atoms with van der Waals surface area (Å²) in [5.41, 5.74) is 0.735. The van der Waals surface area contributed by atoms with Gasteiger partial charge in [0.15, 0.2) is 4.99 Å². The Morgan fingerprint density at radius 1 is 1.10 bits per heavy atom. The van der Waals surface area contributed by atoms with E-state index in [1.807, 2.05) is 0 Å². The lowest BCUT2D eigenvalue weighted by Gasteiger charge is -2.17. The molecule has 0 unspecified atom stereocenters. The van der Waals surface area contributed by atoms with E-state index < -0.39 is 11.8 Å². The van der Waals surface area contributed by atoms with Crippen LogP contribution in [0, 0.1) is 0 Å². The Hall–Kier alpha value is -2.41. The molecular formula is C13H12N2O4S. The Kier molecular flexibility index (Phi) is 3.99. The van der Waals surface area contributed by atoms with Crippen LogP contribution in [0.2, 0.25) is 0 Å². The largest absolute Gasteiger partial charge is 0.497 e. The van der Waals surface area contributed by atoms with Crippen molar-refractivity contribution in [3.05, 3.63) is 29.5 Å². The molecule has 1 aromatic carbocycles. The molecule has 1 aliphatic heterocycles. The van der Waals surface area contributed by atoms with E-state index in [1.165, 1.54) is 13.2 Å². The van der Waals surface area contributed by atoms with Gasteiger partial charge in [0.05, 0.1) is 14.2 Å². The number of methoxy groups -OCH3 is 2. The zero-order valence-electron chi connectivity index (χ0n) is 10.9.